The summed E-state index contributed by atoms with van der Waals surface area (Å²) in [5.41, 5.74) is 1.44. The lowest BCUT2D eigenvalue weighted by molar-refractivity contribution is -0.137. The quantitative estimate of drug-likeness (QED) is 0.742. The van der Waals surface area contributed by atoms with Gasteiger partial charge in [-0.3, -0.25) is 0 Å². The van der Waals surface area contributed by atoms with Crippen molar-refractivity contribution >= 4 is 11.0 Å². The molecule has 4 nitrogen and oxygen atoms in total. The van der Waals surface area contributed by atoms with Crippen LogP contribution in [-0.4, -0.2) is 14.5 Å². The van der Waals surface area contributed by atoms with E-state index in [0.29, 0.717) is 17.0 Å². The van der Waals surface area contributed by atoms with E-state index in [2.05, 4.69) is 9.97 Å². The van der Waals surface area contributed by atoms with E-state index in [1.165, 1.54) is 12.1 Å². The van der Waals surface area contributed by atoms with Crippen LogP contribution in [0.4, 0.5) is 13.2 Å². The van der Waals surface area contributed by atoms with Crippen LogP contribution in [0.25, 0.3) is 11.0 Å². The number of imidazole rings is 1. The van der Waals surface area contributed by atoms with Gasteiger partial charge in [0.2, 0.25) is 5.88 Å². The van der Waals surface area contributed by atoms with Gasteiger partial charge in [0.25, 0.3) is 0 Å². The molecule has 0 aliphatic rings. The van der Waals surface area contributed by atoms with Crippen molar-refractivity contribution < 1.29 is 17.9 Å². The van der Waals surface area contributed by atoms with Crippen LogP contribution >= 0.6 is 0 Å². The van der Waals surface area contributed by atoms with Gasteiger partial charge in [0, 0.05) is 13.2 Å². The largest absolute Gasteiger partial charge is 0.471 e. The molecule has 2 aromatic heterocycles. The lowest BCUT2D eigenvalue weighted by Crippen LogP contribution is -2.05. The first-order valence-corrected chi connectivity index (χ1v) is 6.50. The Labute approximate surface area is 124 Å². The zero-order valence-corrected chi connectivity index (χ0v) is 11.6. The number of hydrogen-bond acceptors (Lipinski definition) is 3. The number of aromatic nitrogens is 3. The monoisotopic (exact) mass is 307 g/mol. The molecule has 0 saturated heterocycles. The van der Waals surface area contributed by atoms with E-state index in [4.69, 9.17) is 4.74 Å². The summed E-state index contributed by atoms with van der Waals surface area (Å²) in [5.74, 6) is 0.359. The van der Waals surface area contributed by atoms with Crippen LogP contribution in [0.1, 0.15) is 11.1 Å². The van der Waals surface area contributed by atoms with Crippen molar-refractivity contribution in [1.29, 1.82) is 0 Å². The van der Waals surface area contributed by atoms with E-state index < -0.39 is 11.7 Å². The Morgan fingerprint density at radius 2 is 1.82 bits per heavy atom. The Kier molecular flexibility index (Phi) is 3.48. The Hall–Kier alpha value is -2.57. The second-order valence-corrected chi connectivity index (χ2v) is 4.82. The van der Waals surface area contributed by atoms with Gasteiger partial charge in [0.1, 0.15) is 6.61 Å². The molecule has 1 aromatic carbocycles. The minimum Gasteiger partial charge on any atom is -0.471 e. The van der Waals surface area contributed by atoms with Crippen molar-refractivity contribution in [3.63, 3.8) is 0 Å². The van der Waals surface area contributed by atoms with Crippen molar-refractivity contribution in [3.8, 4) is 5.88 Å². The summed E-state index contributed by atoms with van der Waals surface area (Å²) in [6.45, 7) is 0.126. The minimum atomic E-state index is -4.33. The highest BCUT2D eigenvalue weighted by Gasteiger charge is 2.29. The molecule has 0 radical (unpaired) electrons. The van der Waals surface area contributed by atoms with Crippen molar-refractivity contribution in [2.75, 3.05) is 0 Å². The summed E-state index contributed by atoms with van der Waals surface area (Å²) >= 11 is 0. The van der Waals surface area contributed by atoms with Gasteiger partial charge in [-0.1, -0.05) is 12.1 Å². The Morgan fingerprint density at radius 1 is 1.09 bits per heavy atom. The van der Waals surface area contributed by atoms with Gasteiger partial charge in [-0.15, -0.1) is 0 Å². The first-order chi connectivity index (χ1) is 10.4. The number of aryl methyl sites for hydroxylation is 1. The zero-order chi connectivity index (χ0) is 15.7. The third-order valence-electron chi connectivity index (χ3n) is 3.27. The van der Waals surface area contributed by atoms with Gasteiger partial charge in [-0.05, 0) is 23.8 Å². The van der Waals surface area contributed by atoms with E-state index in [0.717, 1.165) is 17.6 Å². The van der Waals surface area contributed by atoms with Crippen LogP contribution in [0.3, 0.4) is 0 Å². The number of hydrogen-bond donors (Lipinski definition) is 0. The molecule has 0 unspecified atom stereocenters. The maximum absolute atomic E-state index is 12.5. The number of rotatable bonds is 3. The lowest BCUT2D eigenvalue weighted by Gasteiger charge is -2.09. The number of pyridine rings is 1. The van der Waals surface area contributed by atoms with E-state index >= 15 is 0 Å². The molecule has 0 spiro atoms. The molecule has 0 atom stereocenters. The van der Waals surface area contributed by atoms with Crippen LogP contribution < -0.4 is 4.74 Å². The fraction of sp³-hybridized carbons (Fsp3) is 0.200. The van der Waals surface area contributed by atoms with Gasteiger partial charge in [0.15, 0.2) is 5.52 Å². The van der Waals surface area contributed by atoms with E-state index in [1.54, 1.807) is 12.5 Å². The normalized spacial score (nSPS) is 11.8. The van der Waals surface area contributed by atoms with Gasteiger partial charge < -0.3 is 9.30 Å². The summed E-state index contributed by atoms with van der Waals surface area (Å²) < 4.78 is 44.9. The van der Waals surface area contributed by atoms with Gasteiger partial charge >= 0.3 is 6.18 Å². The molecule has 114 valence electrons. The van der Waals surface area contributed by atoms with Crippen molar-refractivity contribution in [1.82, 2.24) is 14.5 Å². The SMILES string of the molecule is Cn1cnc2c(OCc3ccc(C(F)(F)F)cc3)nccc21. The van der Waals surface area contributed by atoms with Crippen LogP contribution in [0, 0.1) is 0 Å². The second kappa shape index (κ2) is 5.32. The first-order valence-electron chi connectivity index (χ1n) is 6.50. The van der Waals surface area contributed by atoms with Crippen LogP contribution in [0.5, 0.6) is 5.88 Å². The van der Waals surface area contributed by atoms with Gasteiger partial charge in [-0.2, -0.15) is 13.2 Å². The third kappa shape index (κ3) is 2.74. The standard InChI is InChI=1S/C15H12F3N3O/c1-21-9-20-13-12(21)6-7-19-14(13)22-8-10-2-4-11(5-3-10)15(16,17)18/h2-7,9H,8H2,1H3. The molecule has 7 heteroatoms. The Balaban J connectivity index is 1.77. The Morgan fingerprint density at radius 3 is 2.50 bits per heavy atom. The van der Waals surface area contributed by atoms with Gasteiger partial charge in [0.05, 0.1) is 17.4 Å². The zero-order valence-electron chi connectivity index (χ0n) is 11.6. The predicted molar refractivity (Wildman–Crippen MR) is 74.3 cm³/mol. The molecular formula is C15H12F3N3O. The number of alkyl halides is 3. The van der Waals surface area contributed by atoms with Crippen molar-refractivity contribution in [2.45, 2.75) is 12.8 Å². The number of fused-ring (bicyclic) bond motifs is 1. The molecule has 0 aliphatic heterocycles. The minimum absolute atomic E-state index is 0.126. The summed E-state index contributed by atoms with van der Waals surface area (Å²) in [7, 11) is 1.86. The molecule has 0 amide bonds. The average molecular weight is 307 g/mol. The molecule has 0 fully saturated rings. The number of nitrogens with zero attached hydrogens (tertiary/aromatic N) is 3. The van der Waals surface area contributed by atoms with E-state index in [1.807, 2.05) is 17.7 Å². The smallest absolute Gasteiger partial charge is 0.416 e. The maximum atomic E-state index is 12.5. The number of halogens is 3. The fourth-order valence-corrected chi connectivity index (χ4v) is 2.08. The topological polar surface area (TPSA) is 39.9 Å². The molecule has 3 rings (SSSR count). The van der Waals surface area contributed by atoms with Crippen molar-refractivity contribution in [3.05, 3.63) is 54.0 Å². The number of benzene rings is 1. The van der Waals surface area contributed by atoms with Crippen LogP contribution in [0.15, 0.2) is 42.9 Å². The highest BCUT2D eigenvalue weighted by Crippen LogP contribution is 2.29. The molecule has 0 N–H and O–H groups in total. The average Bonchev–Trinajstić information content (AvgIpc) is 2.87. The third-order valence-corrected chi connectivity index (χ3v) is 3.27. The maximum Gasteiger partial charge on any atom is 0.416 e. The number of ether oxygens (including phenoxy) is 1. The summed E-state index contributed by atoms with van der Waals surface area (Å²) in [6, 6.07) is 6.66. The fourth-order valence-electron chi connectivity index (χ4n) is 2.08. The van der Waals surface area contributed by atoms with Crippen LogP contribution in [0.2, 0.25) is 0 Å². The van der Waals surface area contributed by atoms with E-state index in [-0.39, 0.29) is 6.61 Å². The molecule has 0 saturated carbocycles. The van der Waals surface area contributed by atoms with Crippen molar-refractivity contribution in [2.24, 2.45) is 7.05 Å². The molecule has 0 aliphatic carbocycles. The first kappa shape index (κ1) is 14.4. The molecular weight excluding hydrogens is 295 g/mol. The second-order valence-electron chi connectivity index (χ2n) is 4.82. The molecule has 3 aromatic rings. The highest BCUT2D eigenvalue weighted by molar-refractivity contribution is 5.79. The highest BCUT2D eigenvalue weighted by atomic mass is 19.4. The van der Waals surface area contributed by atoms with Gasteiger partial charge in [-0.25, -0.2) is 9.97 Å². The molecule has 0 bridgehead atoms. The predicted octanol–water partition coefficient (Wildman–Crippen LogP) is 3.57. The molecule has 22 heavy (non-hydrogen) atoms. The lowest BCUT2D eigenvalue weighted by atomic mass is 10.1. The van der Waals surface area contributed by atoms with E-state index in [9.17, 15) is 13.2 Å². The molecule has 2 heterocycles. The Bertz CT molecular complexity index is 794. The van der Waals surface area contributed by atoms with Crippen LogP contribution in [-0.2, 0) is 19.8 Å². The summed E-state index contributed by atoms with van der Waals surface area (Å²) in [6.07, 6.45) is -1.08. The summed E-state index contributed by atoms with van der Waals surface area (Å²) in [5, 5.41) is 0. The summed E-state index contributed by atoms with van der Waals surface area (Å²) in [4.78, 5) is 8.32.